The van der Waals surface area contributed by atoms with Gasteiger partial charge in [-0.2, -0.15) is 0 Å². The van der Waals surface area contributed by atoms with Crippen molar-refractivity contribution in [3.63, 3.8) is 0 Å². The van der Waals surface area contributed by atoms with Gasteiger partial charge in [0, 0.05) is 44.9 Å². The molecule has 3 heterocycles. The standard InChI is InChI=1S/C29H28N2O4/c32-20-24(33)8-6-21-7-9-28-26(16-21)27(34)17-29(35-28)11-14-31(15-12-29)19-23-18-30-13-10-25(23)22-4-2-1-3-5-22/h1-10,13,16,18,32H,11-12,14-15,17,19-20H2/b8-6+. The Hall–Kier alpha value is -3.61. The van der Waals surface area contributed by atoms with Crippen LogP contribution in [0.15, 0.2) is 73.1 Å². The number of aromatic nitrogens is 1. The van der Waals surface area contributed by atoms with E-state index in [2.05, 4.69) is 28.1 Å². The molecule has 0 bridgehead atoms. The molecule has 35 heavy (non-hydrogen) atoms. The van der Waals surface area contributed by atoms with Crippen molar-refractivity contribution in [3.8, 4) is 16.9 Å². The fraction of sp³-hybridized carbons (Fsp3) is 0.276. The maximum absolute atomic E-state index is 13.0. The van der Waals surface area contributed by atoms with Crippen molar-refractivity contribution in [2.75, 3.05) is 19.7 Å². The Kier molecular flexibility index (Phi) is 6.57. The summed E-state index contributed by atoms with van der Waals surface area (Å²) in [6, 6.07) is 17.8. The Morgan fingerprint density at radius 2 is 1.89 bits per heavy atom. The van der Waals surface area contributed by atoms with Crippen molar-refractivity contribution in [1.82, 2.24) is 9.88 Å². The van der Waals surface area contributed by atoms with Gasteiger partial charge in [-0.05, 0) is 46.5 Å². The summed E-state index contributed by atoms with van der Waals surface area (Å²) in [6.45, 7) is 1.96. The number of Topliss-reactive ketones (excluding diaryl/α,β-unsaturated/α-hetero) is 1. The van der Waals surface area contributed by atoms with Gasteiger partial charge in [0.15, 0.2) is 11.6 Å². The maximum atomic E-state index is 13.0. The van der Waals surface area contributed by atoms with Crippen LogP contribution in [-0.2, 0) is 11.3 Å². The summed E-state index contributed by atoms with van der Waals surface area (Å²) in [6.07, 6.45) is 8.64. The Morgan fingerprint density at radius 1 is 1.09 bits per heavy atom. The highest BCUT2D eigenvalue weighted by atomic mass is 16.5. The number of ketones is 2. The number of carbonyl (C=O) groups is 2. The number of fused-ring (bicyclic) bond motifs is 1. The minimum absolute atomic E-state index is 0.0713. The van der Waals surface area contributed by atoms with Crippen LogP contribution >= 0.6 is 0 Å². The number of hydrogen-bond donors (Lipinski definition) is 1. The first kappa shape index (κ1) is 23.1. The van der Waals surface area contributed by atoms with Gasteiger partial charge in [-0.3, -0.25) is 19.5 Å². The second-order valence-electron chi connectivity index (χ2n) is 9.27. The average molecular weight is 469 g/mol. The normalized spacial score (nSPS) is 17.3. The highest BCUT2D eigenvalue weighted by molar-refractivity contribution is 6.01. The summed E-state index contributed by atoms with van der Waals surface area (Å²) < 4.78 is 6.43. The van der Waals surface area contributed by atoms with E-state index >= 15 is 0 Å². The lowest BCUT2D eigenvalue weighted by atomic mass is 9.82. The Bertz CT molecular complexity index is 1260. The number of benzene rings is 2. The number of carbonyl (C=O) groups excluding carboxylic acids is 2. The van der Waals surface area contributed by atoms with Crippen LogP contribution in [0.4, 0.5) is 0 Å². The molecule has 6 nitrogen and oxygen atoms in total. The maximum Gasteiger partial charge on any atom is 0.181 e. The van der Waals surface area contributed by atoms with Crippen LogP contribution < -0.4 is 4.74 Å². The molecule has 1 saturated heterocycles. The zero-order chi connectivity index (χ0) is 24.3. The highest BCUT2D eigenvalue weighted by Gasteiger charge is 2.43. The molecule has 178 valence electrons. The second kappa shape index (κ2) is 9.94. The number of likely N-dealkylation sites (tertiary alicyclic amines) is 1. The number of piperidine rings is 1. The Morgan fingerprint density at radius 3 is 2.66 bits per heavy atom. The largest absolute Gasteiger partial charge is 0.486 e. The van der Waals surface area contributed by atoms with E-state index in [9.17, 15) is 9.59 Å². The van der Waals surface area contributed by atoms with Gasteiger partial charge >= 0.3 is 0 Å². The summed E-state index contributed by atoms with van der Waals surface area (Å²) in [5, 5.41) is 8.87. The van der Waals surface area contributed by atoms with Crippen LogP contribution in [0.2, 0.25) is 0 Å². The van der Waals surface area contributed by atoms with Crippen molar-refractivity contribution in [1.29, 1.82) is 0 Å². The molecule has 0 radical (unpaired) electrons. The molecule has 2 aromatic carbocycles. The highest BCUT2D eigenvalue weighted by Crippen LogP contribution is 2.40. The van der Waals surface area contributed by atoms with E-state index in [0.29, 0.717) is 17.7 Å². The summed E-state index contributed by atoms with van der Waals surface area (Å²) in [4.78, 5) is 31.1. The molecule has 0 amide bonds. The predicted molar refractivity (Wildman–Crippen MR) is 134 cm³/mol. The minimum Gasteiger partial charge on any atom is -0.486 e. The Balaban J connectivity index is 1.26. The molecule has 1 fully saturated rings. The number of aliphatic hydroxyl groups is 1. The van der Waals surface area contributed by atoms with Gasteiger partial charge < -0.3 is 9.84 Å². The molecule has 0 aliphatic carbocycles. The van der Waals surface area contributed by atoms with E-state index in [-0.39, 0.29) is 11.6 Å². The molecule has 1 N–H and O–H groups in total. The van der Waals surface area contributed by atoms with Gasteiger partial charge in [0.05, 0.1) is 12.0 Å². The second-order valence-corrected chi connectivity index (χ2v) is 9.27. The lowest BCUT2D eigenvalue weighted by molar-refractivity contribution is -0.117. The number of hydrogen-bond acceptors (Lipinski definition) is 6. The molecule has 1 aromatic heterocycles. The molecule has 0 unspecified atom stereocenters. The smallest absolute Gasteiger partial charge is 0.181 e. The first-order valence-electron chi connectivity index (χ1n) is 11.9. The molecular weight excluding hydrogens is 440 g/mol. The van der Waals surface area contributed by atoms with E-state index in [1.807, 2.05) is 42.7 Å². The number of pyridine rings is 1. The predicted octanol–water partition coefficient (Wildman–Crippen LogP) is 4.32. The first-order chi connectivity index (χ1) is 17.0. The first-order valence-corrected chi connectivity index (χ1v) is 11.9. The molecule has 1 spiro atoms. The van der Waals surface area contributed by atoms with Crippen molar-refractivity contribution in [2.45, 2.75) is 31.4 Å². The average Bonchev–Trinajstić information content (AvgIpc) is 2.90. The molecule has 3 aromatic rings. The van der Waals surface area contributed by atoms with Crippen LogP contribution in [0.25, 0.3) is 17.2 Å². The Labute approximate surface area is 204 Å². The fourth-order valence-corrected chi connectivity index (χ4v) is 4.95. The summed E-state index contributed by atoms with van der Waals surface area (Å²) in [7, 11) is 0. The zero-order valence-corrected chi connectivity index (χ0v) is 19.5. The zero-order valence-electron chi connectivity index (χ0n) is 19.5. The van der Waals surface area contributed by atoms with Crippen molar-refractivity contribution in [2.24, 2.45) is 0 Å². The molecular formula is C29H28N2O4. The van der Waals surface area contributed by atoms with Crippen LogP contribution in [-0.4, -0.2) is 51.9 Å². The van der Waals surface area contributed by atoms with Gasteiger partial charge in [0.25, 0.3) is 0 Å². The number of nitrogens with zero attached hydrogens (tertiary/aromatic N) is 2. The van der Waals surface area contributed by atoms with Gasteiger partial charge in [0.1, 0.15) is 18.0 Å². The summed E-state index contributed by atoms with van der Waals surface area (Å²) >= 11 is 0. The van der Waals surface area contributed by atoms with Gasteiger partial charge in [-0.1, -0.05) is 42.5 Å². The van der Waals surface area contributed by atoms with E-state index in [1.165, 1.54) is 22.8 Å². The summed E-state index contributed by atoms with van der Waals surface area (Å²) in [5.74, 6) is 0.305. The van der Waals surface area contributed by atoms with Crippen LogP contribution in [0, 0.1) is 0 Å². The third-order valence-corrected chi connectivity index (χ3v) is 6.88. The number of aliphatic hydroxyl groups excluding tert-OH is 1. The summed E-state index contributed by atoms with van der Waals surface area (Å²) in [5.41, 5.74) is 4.40. The topological polar surface area (TPSA) is 79.7 Å². The van der Waals surface area contributed by atoms with Gasteiger partial charge in [0.2, 0.25) is 0 Å². The molecule has 6 heteroatoms. The number of rotatable bonds is 6. The molecule has 0 atom stereocenters. The third-order valence-electron chi connectivity index (χ3n) is 6.88. The lowest BCUT2D eigenvalue weighted by Crippen LogP contribution is -2.50. The monoisotopic (exact) mass is 468 g/mol. The van der Waals surface area contributed by atoms with Crippen LogP contribution in [0.5, 0.6) is 5.75 Å². The third kappa shape index (κ3) is 5.09. The molecule has 0 saturated carbocycles. The van der Waals surface area contributed by atoms with Crippen molar-refractivity contribution >= 4 is 17.6 Å². The van der Waals surface area contributed by atoms with E-state index < -0.39 is 12.2 Å². The lowest BCUT2D eigenvalue weighted by Gasteiger charge is -2.44. The van der Waals surface area contributed by atoms with Crippen LogP contribution in [0.3, 0.4) is 0 Å². The molecule has 2 aliphatic rings. The fourth-order valence-electron chi connectivity index (χ4n) is 4.95. The minimum atomic E-state index is -0.530. The van der Waals surface area contributed by atoms with Gasteiger partial charge in [-0.25, -0.2) is 0 Å². The van der Waals surface area contributed by atoms with E-state index in [0.717, 1.165) is 38.0 Å². The molecule has 5 rings (SSSR count). The SMILES string of the molecule is O=C(/C=C/c1ccc2c(c1)C(=O)CC1(CCN(Cc3cnccc3-c3ccccc3)CC1)O2)CO. The van der Waals surface area contributed by atoms with Gasteiger partial charge in [-0.15, -0.1) is 0 Å². The number of ether oxygens (including phenoxy) is 1. The quantitative estimate of drug-likeness (QED) is 0.543. The van der Waals surface area contributed by atoms with Crippen molar-refractivity contribution in [3.05, 3.63) is 89.8 Å². The van der Waals surface area contributed by atoms with E-state index in [1.54, 1.807) is 12.1 Å². The van der Waals surface area contributed by atoms with Crippen LogP contribution in [0.1, 0.15) is 40.7 Å². The molecule has 2 aliphatic heterocycles. The van der Waals surface area contributed by atoms with Crippen molar-refractivity contribution < 1.29 is 19.4 Å². The van der Waals surface area contributed by atoms with E-state index in [4.69, 9.17) is 9.84 Å².